The first-order valence-electron chi connectivity index (χ1n) is 8.91. The van der Waals surface area contributed by atoms with Crippen LogP contribution in [-0.2, 0) is 6.42 Å². The number of primary amides is 1. The van der Waals surface area contributed by atoms with Crippen LogP contribution in [0.25, 0.3) is 0 Å². The summed E-state index contributed by atoms with van der Waals surface area (Å²) >= 11 is 1.93. The van der Waals surface area contributed by atoms with Crippen LogP contribution in [-0.4, -0.2) is 28.1 Å². The molecule has 0 heterocycles. The van der Waals surface area contributed by atoms with Crippen molar-refractivity contribution in [3.8, 4) is 11.5 Å². The number of carbonyl (C=O) groups excluding carboxylic acids is 1. The largest absolute Gasteiger partial charge is 0.478 e. The van der Waals surface area contributed by atoms with Gasteiger partial charge in [0.1, 0.15) is 23.1 Å². The van der Waals surface area contributed by atoms with E-state index in [1.807, 2.05) is 22.6 Å². The summed E-state index contributed by atoms with van der Waals surface area (Å²) in [6.07, 6.45) is -0.159. The normalized spacial score (nSPS) is 10.6. The third kappa shape index (κ3) is 5.02. The predicted octanol–water partition coefficient (Wildman–Crippen LogP) is 4.45. The van der Waals surface area contributed by atoms with Gasteiger partial charge in [-0.3, -0.25) is 4.79 Å². The highest BCUT2D eigenvalue weighted by Gasteiger charge is 2.21. The van der Waals surface area contributed by atoms with E-state index in [4.69, 9.17) is 15.6 Å². The average Bonchev–Trinajstić information content (AvgIpc) is 2.69. The zero-order valence-corrected chi connectivity index (χ0v) is 18.2. The van der Waals surface area contributed by atoms with E-state index in [1.165, 1.54) is 12.1 Å². The molecule has 3 aromatic carbocycles. The standard InChI is InChI=1S/C22H14F2INO6/c23-12-6-11(5-10-1-2-13(25)8-17(10)24)19(20(26)27)18(7-12)32-14-3-4-15(21(28)29)16(9-14)22(30)31/h1-4,6-9H,5H2,(H2,26,27)(H,28,29)(H,30,31). The Morgan fingerprint density at radius 3 is 2.19 bits per heavy atom. The molecule has 1 amide bonds. The Morgan fingerprint density at radius 1 is 0.906 bits per heavy atom. The van der Waals surface area contributed by atoms with Gasteiger partial charge < -0.3 is 20.7 Å². The average molecular weight is 553 g/mol. The molecule has 0 aliphatic heterocycles. The number of amides is 1. The molecule has 32 heavy (non-hydrogen) atoms. The number of carboxylic acid groups (broad SMARTS) is 2. The van der Waals surface area contributed by atoms with Gasteiger partial charge in [0.2, 0.25) is 0 Å². The van der Waals surface area contributed by atoms with E-state index in [2.05, 4.69) is 0 Å². The van der Waals surface area contributed by atoms with Crippen molar-refractivity contribution >= 4 is 40.4 Å². The smallest absolute Gasteiger partial charge is 0.336 e. The number of halogens is 3. The van der Waals surface area contributed by atoms with Crippen LogP contribution >= 0.6 is 22.6 Å². The Labute approximate surface area is 193 Å². The summed E-state index contributed by atoms with van der Waals surface area (Å²) in [5.41, 5.74) is 4.47. The molecule has 0 unspecified atom stereocenters. The zero-order chi connectivity index (χ0) is 23.6. The van der Waals surface area contributed by atoms with Crippen LogP contribution < -0.4 is 10.5 Å². The molecule has 0 aromatic heterocycles. The summed E-state index contributed by atoms with van der Waals surface area (Å²) in [7, 11) is 0. The third-order valence-electron chi connectivity index (χ3n) is 4.47. The molecule has 164 valence electrons. The monoisotopic (exact) mass is 553 g/mol. The highest BCUT2D eigenvalue weighted by atomic mass is 127. The van der Waals surface area contributed by atoms with E-state index in [0.29, 0.717) is 3.57 Å². The van der Waals surface area contributed by atoms with Crippen molar-refractivity contribution < 1.29 is 38.1 Å². The fraction of sp³-hybridized carbons (Fsp3) is 0.0455. The highest BCUT2D eigenvalue weighted by Crippen LogP contribution is 2.32. The lowest BCUT2D eigenvalue weighted by molar-refractivity contribution is 0.0651. The van der Waals surface area contributed by atoms with E-state index in [0.717, 1.165) is 30.3 Å². The van der Waals surface area contributed by atoms with Crippen molar-refractivity contribution in [1.29, 1.82) is 0 Å². The number of benzene rings is 3. The van der Waals surface area contributed by atoms with Gasteiger partial charge in [-0.1, -0.05) is 6.07 Å². The lowest BCUT2D eigenvalue weighted by Gasteiger charge is -2.15. The van der Waals surface area contributed by atoms with Crippen LogP contribution in [0.1, 0.15) is 42.2 Å². The van der Waals surface area contributed by atoms with E-state index in [1.54, 1.807) is 6.07 Å². The van der Waals surface area contributed by atoms with Gasteiger partial charge in [-0.25, -0.2) is 18.4 Å². The molecule has 4 N–H and O–H groups in total. The Morgan fingerprint density at radius 2 is 1.59 bits per heavy atom. The van der Waals surface area contributed by atoms with Gasteiger partial charge in [-0.2, -0.15) is 0 Å². The minimum absolute atomic E-state index is 0.0632. The third-order valence-corrected chi connectivity index (χ3v) is 5.14. The summed E-state index contributed by atoms with van der Waals surface area (Å²) in [6.45, 7) is 0. The van der Waals surface area contributed by atoms with Gasteiger partial charge in [-0.05, 0) is 70.1 Å². The molecule has 0 radical (unpaired) electrons. The topological polar surface area (TPSA) is 127 Å². The van der Waals surface area contributed by atoms with Crippen molar-refractivity contribution in [3.05, 3.63) is 91.6 Å². The number of hydrogen-bond acceptors (Lipinski definition) is 4. The maximum Gasteiger partial charge on any atom is 0.336 e. The number of hydrogen-bond donors (Lipinski definition) is 3. The Balaban J connectivity index is 2.07. The number of ether oxygens (including phenoxy) is 1. The Bertz CT molecular complexity index is 1260. The number of nitrogens with two attached hydrogens (primary N) is 1. The lowest BCUT2D eigenvalue weighted by Crippen LogP contribution is -2.16. The van der Waals surface area contributed by atoms with Crippen molar-refractivity contribution in [2.75, 3.05) is 0 Å². The maximum atomic E-state index is 14.3. The molecule has 0 atom stereocenters. The van der Waals surface area contributed by atoms with Gasteiger partial charge in [-0.15, -0.1) is 0 Å². The molecule has 0 spiro atoms. The molecule has 3 rings (SSSR count). The van der Waals surface area contributed by atoms with Crippen molar-refractivity contribution in [2.24, 2.45) is 5.73 Å². The molecule has 0 aliphatic rings. The van der Waals surface area contributed by atoms with Crippen molar-refractivity contribution in [3.63, 3.8) is 0 Å². The second kappa shape index (κ2) is 9.30. The summed E-state index contributed by atoms with van der Waals surface area (Å²) in [6, 6.07) is 9.43. The first kappa shape index (κ1) is 23.1. The summed E-state index contributed by atoms with van der Waals surface area (Å²) in [5, 5.41) is 18.4. The second-order valence-corrected chi connectivity index (χ2v) is 7.88. The fourth-order valence-electron chi connectivity index (χ4n) is 3.08. The lowest BCUT2D eigenvalue weighted by atomic mass is 9.98. The van der Waals surface area contributed by atoms with Crippen LogP contribution in [0.3, 0.4) is 0 Å². The quantitative estimate of drug-likeness (QED) is 0.372. The molecule has 0 aliphatic carbocycles. The van der Waals surface area contributed by atoms with Crippen molar-refractivity contribution in [1.82, 2.24) is 0 Å². The molecule has 0 saturated carbocycles. The molecule has 0 fully saturated rings. The highest BCUT2D eigenvalue weighted by molar-refractivity contribution is 14.1. The van der Waals surface area contributed by atoms with E-state index < -0.39 is 40.6 Å². The number of aromatic carboxylic acids is 2. The molecule has 7 nitrogen and oxygen atoms in total. The van der Waals surface area contributed by atoms with Crippen LogP contribution in [0.4, 0.5) is 8.78 Å². The van der Waals surface area contributed by atoms with Gasteiger partial charge in [0.15, 0.2) is 0 Å². The molecule has 0 bridgehead atoms. The number of carboxylic acids is 2. The first-order chi connectivity index (χ1) is 15.1. The van der Waals surface area contributed by atoms with Crippen LogP contribution in [0.15, 0.2) is 48.5 Å². The van der Waals surface area contributed by atoms with Crippen molar-refractivity contribution in [2.45, 2.75) is 6.42 Å². The zero-order valence-electron chi connectivity index (χ0n) is 16.1. The summed E-state index contributed by atoms with van der Waals surface area (Å²) in [5.74, 6) is -5.77. The van der Waals surface area contributed by atoms with E-state index in [9.17, 15) is 28.3 Å². The molecule has 10 heteroatoms. The SMILES string of the molecule is NC(=O)c1c(Cc2ccc(I)cc2F)cc(F)cc1Oc1ccc(C(=O)O)c(C(=O)O)c1. The Hall–Kier alpha value is -3.54. The van der Waals surface area contributed by atoms with Crippen LogP contribution in [0, 0.1) is 15.2 Å². The minimum Gasteiger partial charge on any atom is -0.478 e. The van der Waals surface area contributed by atoms with Gasteiger partial charge >= 0.3 is 11.9 Å². The van der Waals surface area contributed by atoms with Crippen LogP contribution in [0.5, 0.6) is 11.5 Å². The molecule has 3 aromatic rings. The second-order valence-electron chi connectivity index (χ2n) is 6.63. The fourth-order valence-corrected chi connectivity index (χ4v) is 3.54. The van der Waals surface area contributed by atoms with Gasteiger partial charge in [0.05, 0.1) is 16.7 Å². The van der Waals surface area contributed by atoms with E-state index >= 15 is 0 Å². The number of carbonyl (C=O) groups is 3. The first-order valence-corrected chi connectivity index (χ1v) is 9.99. The molecule has 0 saturated heterocycles. The van der Waals surface area contributed by atoms with Gasteiger partial charge in [0, 0.05) is 16.1 Å². The summed E-state index contributed by atoms with van der Waals surface area (Å²) in [4.78, 5) is 34.7. The Kier molecular flexibility index (Phi) is 6.72. The van der Waals surface area contributed by atoms with E-state index in [-0.39, 0.29) is 34.6 Å². The number of rotatable bonds is 7. The van der Waals surface area contributed by atoms with Gasteiger partial charge in [0.25, 0.3) is 5.91 Å². The molecular formula is C22H14F2INO6. The molecular weight excluding hydrogens is 539 g/mol. The predicted molar refractivity (Wildman–Crippen MR) is 117 cm³/mol. The maximum absolute atomic E-state index is 14.3. The summed E-state index contributed by atoms with van der Waals surface area (Å²) < 4.78 is 34.8. The van der Waals surface area contributed by atoms with Crippen LogP contribution in [0.2, 0.25) is 0 Å². The minimum atomic E-state index is -1.52.